The molecule has 0 saturated carbocycles. The van der Waals surface area contributed by atoms with E-state index in [9.17, 15) is 4.79 Å². The van der Waals surface area contributed by atoms with Gasteiger partial charge >= 0.3 is 0 Å². The van der Waals surface area contributed by atoms with E-state index >= 15 is 0 Å². The highest BCUT2D eigenvalue weighted by molar-refractivity contribution is 7.18. The maximum absolute atomic E-state index is 12.1. The van der Waals surface area contributed by atoms with Gasteiger partial charge in [-0.1, -0.05) is 22.9 Å². The number of hydrogen-bond acceptors (Lipinski definition) is 9. The first-order valence-electron chi connectivity index (χ1n) is 11.4. The molecule has 34 heavy (non-hydrogen) atoms. The fourth-order valence-electron chi connectivity index (χ4n) is 4.72. The van der Waals surface area contributed by atoms with Crippen LogP contribution in [0.2, 0.25) is 5.02 Å². The fraction of sp³-hybridized carbons (Fsp3) is 0.391. The Kier molecular flexibility index (Phi) is 5.82. The second kappa shape index (κ2) is 9.10. The van der Waals surface area contributed by atoms with Crippen LogP contribution in [0.5, 0.6) is 0 Å². The van der Waals surface area contributed by atoms with Gasteiger partial charge in [0.15, 0.2) is 5.13 Å². The van der Waals surface area contributed by atoms with Crippen molar-refractivity contribution in [1.82, 2.24) is 20.3 Å². The standard InChI is InChI=1S/C23H24ClN7O2S/c24-18-9-25-22(28-14-3-5-17(6-4-14)31-7-8-33-13-20(31)32)29-21(18)19-10-26-23(34-19)30-11-15-1-2-16(12-30)27-15/h3-6,9-10,15-16,27H,1-2,7-8,11-13H2,(H,25,28,29). The third-order valence-electron chi connectivity index (χ3n) is 6.38. The van der Waals surface area contributed by atoms with E-state index in [4.69, 9.17) is 16.3 Å². The molecule has 0 spiro atoms. The number of amides is 1. The third-order valence-corrected chi connectivity index (χ3v) is 7.72. The van der Waals surface area contributed by atoms with Crippen molar-refractivity contribution in [2.45, 2.75) is 24.9 Å². The minimum Gasteiger partial charge on any atom is -0.370 e. The van der Waals surface area contributed by atoms with Gasteiger partial charge < -0.3 is 25.2 Å². The number of aromatic nitrogens is 3. The van der Waals surface area contributed by atoms with E-state index in [1.165, 1.54) is 12.8 Å². The van der Waals surface area contributed by atoms with Crippen molar-refractivity contribution in [3.8, 4) is 10.6 Å². The number of carbonyl (C=O) groups excluding carboxylic acids is 1. The number of benzene rings is 1. The number of ether oxygens (including phenoxy) is 1. The van der Waals surface area contributed by atoms with Crippen molar-refractivity contribution in [2.75, 3.05) is 48.0 Å². The lowest BCUT2D eigenvalue weighted by molar-refractivity contribution is -0.125. The zero-order chi connectivity index (χ0) is 23.1. The first-order chi connectivity index (χ1) is 16.6. The maximum Gasteiger partial charge on any atom is 0.253 e. The fourth-order valence-corrected chi connectivity index (χ4v) is 5.91. The maximum atomic E-state index is 12.1. The Morgan fingerprint density at radius 3 is 2.68 bits per heavy atom. The molecule has 176 valence electrons. The van der Waals surface area contributed by atoms with E-state index in [1.54, 1.807) is 22.4 Å². The molecule has 0 aliphatic carbocycles. The largest absolute Gasteiger partial charge is 0.370 e. The summed E-state index contributed by atoms with van der Waals surface area (Å²) in [5.41, 5.74) is 2.32. The van der Waals surface area contributed by atoms with Gasteiger partial charge in [0.25, 0.3) is 5.91 Å². The summed E-state index contributed by atoms with van der Waals surface area (Å²) < 4.78 is 5.20. The van der Waals surface area contributed by atoms with Crippen LogP contribution in [0.3, 0.4) is 0 Å². The van der Waals surface area contributed by atoms with Gasteiger partial charge in [0.2, 0.25) is 5.95 Å². The number of nitrogens with zero attached hydrogens (tertiary/aromatic N) is 5. The SMILES string of the molecule is O=C1COCCN1c1ccc(Nc2ncc(Cl)c(-c3cnc(N4CC5CCC(C4)N5)s3)n2)cc1. The van der Waals surface area contributed by atoms with Crippen LogP contribution >= 0.6 is 22.9 Å². The average Bonchev–Trinajstić information content (AvgIpc) is 3.48. The van der Waals surface area contributed by atoms with Crippen molar-refractivity contribution in [3.63, 3.8) is 0 Å². The molecule has 5 heterocycles. The molecule has 2 atom stereocenters. The molecule has 1 aromatic carbocycles. The van der Waals surface area contributed by atoms with Crippen molar-refractivity contribution < 1.29 is 9.53 Å². The monoisotopic (exact) mass is 497 g/mol. The average molecular weight is 498 g/mol. The van der Waals surface area contributed by atoms with E-state index in [0.29, 0.717) is 41.9 Å². The van der Waals surface area contributed by atoms with Crippen LogP contribution in [0.25, 0.3) is 10.6 Å². The number of thiazole rings is 1. The summed E-state index contributed by atoms with van der Waals surface area (Å²) in [6.07, 6.45) is 5.92. The van der Waals surface area contributed by atoms with E-state index in [1.807, 2.05) is 30.5 Å². The van der Waals surface area contributed by atoms with Gasteiger partial charge in [0.1, 0.15) is 12.3 Å². The number of morpholine rings is 1. The lowest BCUT2D eigenvalue weighted by Gasteiger charge is -2.32. The Bertz CT molecular complexity index is 1190. The summed E-state index contributed by atoms with van der Waals surface area (Å²) in [5.74, 6) is 0.416. The van der Waals surface area contributed by atoms with Crippen LogP contribution in [0.4, 0.5) is 22.5 Å². The predicted molar refractivity (Wildman–Crippen MR) is 133 cm³/mol. The van der Waals surface area contributed by atoms with E-state index in [-0.39, 0.29) is 12.5 Å². The number of fused-ring (bicyclic) bond motifs is 2. The Morgan fingerprint density at radius 1 is 1.12 bits per heavy atom. The molecule has 11 heteroatoms. The number of halogens is 1. The first kappa shape index (κ1) is 21.7. The van der Waals surface area contributed by atoms with Crippen LogP contribution in [0, 0.1) is 0 Å². The molecule has 3 aromatic rings. The summed E-state index contributed by atoms with van der Waals surface area (Å²) in [6.45, 7) is 3.19. The number of hydrogen-bond donors (Lipinski definition) is 2. The minimum absolute atomic E-state index is 0.0324. The van der Waals surface area contributed by atoms with E-state index in [2.05, 4.69) is 30.5 Å². The van der Waals surface area contributed by atoms with Crippen molar-refractivity contribution >= 4 is 51.3 Å². The van der Waals surface area contributed by atoms with Crippen LogP contribution in [0.1, 0.15) is 12.8 Å². The highest BCUT2D eigenvalue weighted by Gasteiger charge is 2.33. The molecular formula is C23H24ClN7O2S. The lowest BCUT2D eigenvalue weighted by atomic mass is 10.2. The van der Waals surface area contributed by atoms with Crippen molar-refractivity contribution in [2.24, 2.45) is 0 Å². The normalized spacial score (nSPS) is 22.3. The molecule has 3 fully saturated rings. The van der Waals surface area contributed by atoms with Gasteiger partial charge in [-0.25, -0.2) is 15.0 Å². The molecule has 0 radical (unpaired) electrons. The van der Waals surface area contributed by atoms with E-state index < -0.39 is 0 Å². The number of rotatable bonds is 5. The van der Waals surface area contributed by atoms with E-state index in [0.717, 1.165) is 34.5 Å². The lowest BCUT2D eigenvalue weighted by Crippen LogP contribution is -2.51. The van der Waals surface area contributed by atoms with Gasteiger partial charge in [-0.15, -0.1) is 0 Å². The molecule has 2 N–H and O–H groups in total. The molecule has 6 rings (SSSR count). The number of carbonyl (C=O) groups is 1. The molecule has 2 bridgehead atoms. The van der Waals surface area contributed by atoms with Gasteiger partial charge in [-0.05, 0) is 37.1 Å². The Morgan fingerprint density at radius 2 is 1.91 bits per heavy atom. The molecule has 9 nitrogen and oxygen atoms in total. The smallest absolute Gasteiger partial charge is 0.253 e. The highest BCUT2D eigenvalue weighted by atomic mass is 35.5. The van der Waals surface area contributed by atoms with Crippen LogP contribution < -0.4 is 20.4 Å². The first-order valence-corrected chi connectivity index (χ1v) is 12.6. The Labute approximate surface area is 206 Å². The third kappa shape index (κ3) is 4.34. The van der Waals surface area contributed by atoms with Gasteiger partial charge in [0, 0.05) is 49.3 Å². The quantitative estimate of drug-likeness (QED) is 0.554. The van der Waals surface area contributed by atoms with Crippen LogP contribution in [-0.4, -0.2) is 65.8 Å². The summed E-state index contributed by atoms with van der Waals surface area (Å²) in [4.78, 5) is 30.7. The van der Waals surface area contributed by atoms with Gasteiger partial charge in [-0.2, -0.15) is 0 Å². The highest BCUT2D eigenvalue weighted by Crippen LogP contribution is 2.36. The number of piperazine rings is 1. The summed E-state index contributed by atoms with van der Waals surface area (Å²) in [6, 6.07) is 8.71. The zero-order valence-electron chi connectivity index (χ0n) is 18.4. The van der Waals surface area contributed by atoms with Gasteiger partial charge in [0.05, 0.1) is 22.7 Å². The summed E-state index contributed by atoms with van der Waals surface area (Å²) in [7, 11) is 0. The minimum atomic E-state index is -0.0324. The Hall–Kier alpha value is -2.79. The summed E-state index contributed by atoms with van der Waals surface area (Å²) in [5, 5.41) is 8.38. The predicted octanol–water partition coefficient (Wildman–Crippen LogP) is 3.30. The molecule has 2 aromatic heterocycles. The Balaban J connectivity index is 1.18. The zero-order valence-corrected chi connectivity index (χ0v) is 20.0. The molecule has 3 saturated heterocycles. The molecule has 2 unspecified atom stereocenters. The van der Waals surface area contributed by atoms with Crippen LogP contribution in [-0.2, 0) is 9.53 Å². The van der Waals surface area contributed by atoms with Crippen molar-refractivity contribution in [1.29, 1.82) is 0 Å². The number of anilines is 4. The summed E-state index contributed by atoms with van der Waals surface area (Å²) >= 11 is 8.07. The second-order valence-corrected chi connectivity index (χ2v) is 10.1. The van der Waals surface area contributed by atoms with Gasteiger partial charge in [-0.3, -0.25) is 4.79 Å². The molecule has 3 aliphatic rings. The second-order valence-electron chi connectivity index (χ2n) is 8.71. The topological polar surface area (TPSA) is 95.5 Å². The van der Waals surface area contributed by atoms with Crippen LogP contribution in [0.15, 0.2) is 36.7 Å². The molecule has 1 amide bonds. The molecule has 3 aliphatic heterocycles. The number of nitrogens with one attached hydrogen (secondary N) is 2. The molecular weight excluding hydrogens is 474 g/mol. The van der Waals surface area contributed by atoms with Crippen molar-refractivity contribution in [3.05, 3.63) is 41.7 Å².